The van der Waals surface area contributed by atoms with Crippen LogP contribution in [0.25, 0.3) is 11.6 Å². The van der Waals surface area contributed by atoms with Gasteiger partial charge >= 0.3 is 0 Å². The monoisotopic (exact) mass is 252 g/mol. The van der Waals surface area contributed by atoms with Gasteiger partial charge in [-0.15, -0.1) is 0 Å². The molecule has 0 aromatic heterocycles. The zero-order valence-corrected chi connectivity index (χ0v) is 11.1. The Morgan fingerprint density at radius 1 is 1.00 bits per heavy atom. The van der Waals surface area contributed by atoms with E-state index in [2.05, 4.69) is 37.3 Å². The van der Waals surface area contributed by atoms with Crippen molar-refractivity contribution in [3.63, 3.8) is 0 Å². The number of benzene rings is 2. The van der Waals surface area contributed by atoms with Crippen LogP contribution in [-0.4, -0.2) is 0 Å². The topological polar surface area (TPSA) is 0 Å². The molecule has 0 saturated carbocycles. The van der Waals surface area contributed by atoms with Gasteiger partial charge in [0.15, 0.2) is 0 Å². The summed E-state index contributed by atoms with van der Waals surface area (Å²) in [6.07, 6.45) is 5.22. The van der Waals surface area contributed by atoms with E-state index in [9.17, 15) is 4.39 Å². The average molecular weight is 252 g/mol. The summed E-state index contributed by atoms with van der Waals surface area (Å²) in [6.45, 7) is 2.16. The zero-order chi connectivity index (χ0) is 13.2. The van der Waals surface area contributed by atoms with Crippen LogP contribution < -0.4 is 0 Å². The molecule has 19 heavy (non-hydrogen) atoms. The summed E-state index contributed by atoms with van der Waals surface area (Å²) < 4.78 is 13.3. The second kappa shape index (κ2) is 5.00. The highest BCUT2D eigenvalue weighted by Crippen LogP contribution is 2.30. The van der Waals surface area contributed by atoms with Crippen molar-refractivity contribution in [3.8, 4) is 0 Å². The minimum atomic E-state index is -0.155. The van der Waals surface area contributed by atoms with Gasteiger partial charge in [0.05, 0.1) is 0 Å². The molecule has 0 nitrogen and oxygen atoms in total. The minimum absolute atomic E-state index is 0.155. The number of fused-ring (bicyclic) bond motifs is 1. The smallest absolute Gasteiger partial charge is 0.123 e. The lowest BCUT2D eigenvalue weighted by atomic mass is 9.88. The van der Waals surface area contributed by atoms with Crippen LogP contribution in [0.15, 0.2) is 42.5 Å². The predicted molar refractivity (Wildman–Crippen MR) is 78.4 cm³/mol. The molecule has 1 aliphatic carbocycles. The van der Waals surface area contributed by atoms with E-state index in [0.717, 1.165) is 24.8 Å². The molecule has 3 rings (SSSR count). The van der Waals surface area contributed by atoms with Crippen LogP contribution in [0.3, 0.4) is 0 Å². The van der Waals surface area contributed by atoms with Gasteiger partial charge in [-0.1, -0.05) is 43.3 Å². The van der Waals surface area contributed by atoms with E-state index >= 15 is 0 Å². The molecule has 0 radical (unpaired) electrons. The maximum Gasteiger partial charge on any atom is 0.123 e. The maximum atomic E-state index is 13.3. The first-order valence-corrected chi connectivity index (χ1v) is 6.84. The summed E-state index contributed by atoms with van der Waals surface area (Å²) in [5, 5.41) is 0. The van der Waals surface area contributed by atoms with Gasteiger partial charge in [0.2, 0.25) is 0 Å². The minimum Gasteiger partial charge on any atom is -0.207 e. The molecular weight excluding hydrogens is 235 g/mol. The Balaban J connectivity index is 1.97. The third-order valence-electron chi connectivity index (χ3n) is 3.83. The molecule has 96 valence electrons. The Morgan fingerprint density at radius 3 is 2.53 bits per heavy atom. The van der Waals surface area contributed by atoms with Gasteiger partial charge in [0.1, 0.15) is 5.82 Å². The molecule has 0 bridgehead atoms. The summed E-state index contributed by atoms with van der Waals surface area (Å²) in [5.41, 5.74) is 6.19. The van der Waals surface area contributed by atoms with Crippen LogP contribution in [0.4, 0.5) is 4.39 Å². The Labute approximate surface area is 113 Å². The van der Waals surface area contributed by atoms with E-state index in [1.807, 2.05) is 6.07 Å². The van der Waals surface area contributed by atoms with E-state index in [4.69, 9.17) is 0 Å². The lowest BCUT2D eigenvalue weighted by Gasteiger charge is -2.17. The molecule has 2 aromatic carbocycles. The third kappa shape index (κ3) is 2.46. The normalized spacial score (nSPS) is 13.9. The first-order chi connectivity index (χ1) is 9.26. The van der Waals surface area contributed by atoms with Gasteiger partial charge in [-0.2, -0.15) is 0 Å². The van der Waals surface area contributed by atoms with Crippen molar-refractivity contribution in [2.75, 3.05) is 0 Å². The van der Waals surface area contributed by atoms with E-state index < -0.39 is 0 Å². The fourth-order valence-electron chi connectivity index (χ4n) is 2.64. The van der Waals surface area contributed by atoms with Gasteiger partial charge in [-0.05, 0) is 59.2 Å². The van der Waals surface area contributed by atoms with E-state index in [1.165, 1.54) is 22.3 Å². The Hall–Kier alpha value is -1.89. The van der Waals surface area contributed by atoms with E-state index in [-0.39, 0.29) is 5.82 Å². The van der Waals surface area contributed by atoms with E-state index in [0.29, 0.717) is 0 Å². The molecule has 0 atom stereocenters. The Morgan fingerprint density at radius 2 is 1.79 bits per heavy atom. The number of rotatable bonds is 2. The number of hydrogen-bond donors (Lipinski definition) is 0. The standard InChI is InChI=1S/C18H17F/c1-2-13-3-5-14(6-4-13)16-8-7-15-9-10-18(19)12-17(15)11-16/h3-6,9-12H,2,7-8H2,1H3. The number of hydrogen-bond acceptors (Lipinski definition) is 0. The Kier molecular flexibility index (Phi) is 3.20. The largest absolute Gasteiger partial charge is 0.207 e. The van der Waals surface area contributed by atoms with Gasteiger partial charge in [-0.3, -0.25) is 0 Å². The molecule has 1 aliphatic rings. The quantitative estimate of drug-likeness (QED) is 0.715. The molecule has 0 aliphatic heterocycles. The van der Waals surface area contributed by atoms with Gasteiger partial charge < -0.3 is 0 Å². The second-order valence-electron chi connectivity index (χ2n) is 5.06. The highest BCUT2D eigenvalue weighted by molar-refractivity contribution is 5.84. The highest BCUT2D eigenvalue weighted by atomic mass is 19.1. The fraction of sp³-hybridized carbons (Fsp3) is 0.222. The first kappa shape index (κ1) is 12.2. The molecule has 0 fully saturated rings. The van der Waals surface area contributed by atoms with Gasteiger partial charge in [0, 0.05) is 0 Å². The Bertz CT molecular complexity index is 621. The third-order valence-corrected chi connectivity index (χ3v) is 3.83. The SMILES string of the molecule is CCc1ccc(C2=Cc3cc(F)ccc3CC2)cc1. The van der Waals surface area contributed by atoms with Crippen molar-refractivity contribution in [2.45, 2.75) is 26.2 Å². The number of halogens is 1. The summed E-state index contributed by atoms with van der Waals surface area (Å²) in [7, 11) is 0. The van der Waals surface area contributed by atoms with Crippen LogP contribution in [0.1, 0.15) is 35.6 Å². The lowest BCUT2D eigenvalue weighted by molar-refractivity contribution is 0.626. The van der Waals surface area contributed by atoms with Crippen LogP contribution in [0, 0.1) is 5.82 Å². The van der Waals surface area contributed by atoms with Crippen molar-refractivity contribution in [3.05, 3.63) is 70.5 Å². The molecule has 0 saturated heterocycles. The van der Waals surface area contributed by atoms with Crippen molar-refractivity contribution >= 4 is 11.6 Å². The summed E-state index contributed by atoms with van der Waals surface area (Å²) in [5.74, 6) is -0.155. The lowest BCUT2D eigenvalue weighted by Crippen LogP contribution is -1.99. The van der Waals surface area contributed by atoms with Crippen molar-refractivity contribution in [1.29, 1.82) is 0 Å². The van der Waals surface area contributed by atoms with Crippen LogP contribution in [0.5, 0.6) is 0 Å². The van der Waals surface area contributed by atoms with Gasteiger partial charge in [-0.25, -0.2) is 4.39 Å². The molecule has 0 N–H and O–H groups in total. The summed E-state index contributed by atoms with van der Waals surface area (Å²) in [4.78, 5) is 0. The second-order valence-corrected chi connectivity index (χ2v) is 5.06. The van der Waals surface area contributed by atoms with Crippen LogP contribution in [0.2, 0.25) is 0 Å². The zero-order valence-electron chi connectivity index (χ0n) is 11.1. The molecule has 0 spiro atoms. The number of aryl methyl sites for hydroxylation is 2. The first-order valence-electron chi connectivity index (χ1n) is 6.84. The van der Waals surface area contributed by atoms with Crippen molar-refractivity contribution < 1.29 is 4.39 Å². The molecule has 0 amide bonds. The van der Waals surface area contributed by atoms with E-state index in [1.54, 1.807) is 12.1 Å². The molecular formula is C18H17F. The highest BCUT2D eigenvalue weighted by Gasteiger charge is 2.12. The van der Waals surface area contributed by atoms with Crippen molar-refractivity contribution in [1.82, 2.24) is 0 Å². The van der Waals surface area contributed by atoms with Crippen LogP contribution >= 0.6 is 0 Å². The predicted octanol–water partition coefficient (Wildman–Crippen LogP) is 4.87. The van der Waals surface area contributed by atoms with Gasteiger partial charge in [0.25, 0.3) is 0 Å². The van der Waals surface area contributed by atoms with Crippen molar-refractivity contribution in [2.24, 2.45) is 0 Å². The molecule has 2 aromatic rings. The number of allylic oxidation sites excluding steroid dienone is 1. The molecule has 0 heterocycles. The average Bonchev–Trinajstić information content (AvgIpc) is 2.46. The summed E-state index contributed by atoms with van der Waals surface area (Å²) >= 11 is 0. The fourth-order valence-corrected chi connectivity index (χ4v) is 2.64. The maximum absolute atomic E-state index is 13.3. The molecule has 0 unspecified atom stereocenters. The summed E-state index contributed by atoms with van der Waals surface area (Å²) in [6, 6.07) is 13.8. The molecule has 1 heteroatoms. The van der Waals surface area contributed by atoms with Crippen LogP contribution in [-0.2, 0) is 12.8 Å².